The van der Waals surface area contributed by atoms with Crippen molar-refractivity contribution in [3.8, 4) is 0 Å². The van der Waals surface area contributed by atoms with Gasteiger partial charge in [-0.15, -0.1) is 0 Å². The Morgan fingerprint density at radius 3 is 2.82 bits per heavy atom. The Hall–Kier alpha value is -1.88. The summed E-state index contributed by atoms with van der Waals surface area (Å²) in [4.78, 5) is 24.5. The Morgan fingerprint density at radius 2 is 2.12 bits per heavy atom. The summed E-state index contributed by atoms with van der Waals surface area (Å²) in [6.07, 6.45) is 1.23. The van der Waals surface area contributed by atoms with Gasteiger partial charge in [-0.25, -0.2) is 9.18 Å². The molecule has 0 aliphatic carbocycles. The number of nitrogens with one attached hydrogen (secondary N) is 1. The molecule has 17 heavy (non-hydrogen) atoms. The summed E-state index contributed by atoms with van der Waals surface area (Å²) < 4.78 is 14.1. The molecule has 0 amide bonds. The third kappa shape index (κ3) is 2.62. The van der Waals surface area contributed by atoms with E-state index in [2.05, 4.69) is 4.98 Å². The van der Waals surface area contributed by atoms with Crippen LogP contribution in [0.15, 0.2) is 40.1 Å². The fourth-order valence-electron chi connectivity index (χ4n) is 1.43. The van der Waals surface area contributed by atoms with Crippen LogP contribution >= 0.6 is 11.6 Å². The SMILES string of the molecule is O=c1[nH]c(=O)n(Cc2cccc(F)c2)cc1Cl. The van der Waals surface area contributed by atoms with Crippen LogP contribution in [0.4, 0.5) is 4.39 Å². The second kappa shape index (κ2) is 4.55. The molecule has 1 aromatic heterocycles. The summed E-state index contributed by atoms with van der Waals surface area (Å²) in [7, 11) is 0. The van der Waals surface area contributed by atoms with Crippen LogP contribution in [0.5, 0.6) is 0 Å². The van der Waals surface area contributed by atoms with Gasteiger partial charge in [-0.2, -0.15) is 0 Å². The van der Waals surface area contributed by atoms with Crippen LogP contribution < -0.4 is 11.2 Å². The molecule has 0 fully saturated rings. The van der Waals surface area contributed by atoms with E-state index in [4.69, 9.17) is 11.6 Å². The zero-order valence-electron chi connectivity index (χ0n) is 8.61. The third-order valence-electron chi connectivity index (χ3n) is 2.21. The fraction of sp³-hybridized carbons (Fsp3) is 0.0909. The number of H-pyrrole nitrogens is 1. The molecule has 2 rings (SSSR count). The third-order valence-corrected chi connectivity index (χ3v) is 2.48. The summed E-state index contributed by atoms with van der Waals surface area (Å²) in [6, 6.07) is 5.84. The van der Waals surface area contributed by atoms with Crippen molar-refractivity contribution in [2.24, 2.45) is 0 Å². The van der Waals surface area contributed by atoms with Gasteiger partial charge in [0.1, 0.15) is 10.8 Å². The van der Waals surface area contributed by atoms with Gasteiger partial charge in [0.05, 0.1) is 6.54 Å². The predicted molar refractivity (Wildman–Crippen MR) is 61.8 cm³/mol. The molecule has 0 atom stereocenters. The quantitative estimate of drug-likeness (QED) is 0.880. The molecule has 0 aliphatic rings. The van der Waals surface area contributed by atoms with Gasteiger partial charge in [-0.05, 0) is 17.7 Å². The molecular formula is C11H8ClFN2O2. The number of rotatable bonds is 2. The van der Waals surface area contributed by atoms with E-state index >= 15 is 0 Å². The summed E-state index contributed by atoms with van der Waals surface area (Å²) in [5.41, 5.74) is -0.606. The van der Waals surface area contributed by atoms with Crippen molar-refractivity contribution in [2.75, 3.05) is 0 Å². The van der Waals surface area contributed by atoms with E-state index in [0.717, 1.165) is 0 Å². The van der Waals surface area contributed by atoms with Crippen molar-refractivity contribution in [3.63, 3.8) is 0 Å². The van der Waals surface area contributed by atoms with Gasteiger partial charge in [0.2, 0.25) is 0 Å². The fourth-order valence-corrected chi connectivity index (χ4v) is 1.60. The van der Waals surface area contributed by atoms with E-state index in [9.17, 15) is 14.0 Å². The van der Waals surface area contributed by atoms with E-state index in [0.29, 0.717) is 5.56 Å². The van der Waals surface area contributed by atoms with Crippen molar-refractivity contribution < 1.29 is 4.39 Å². The molecule has 1 aromatic carbocycles. The van der Waals surface area contributed by atoms with Crippen molar-refractivity contribution in [3.05, 3.63) is 67.7 Å². The standard InChI is InChI=1S/C11H8ClFN2O2/c12-9-6-15(11(17)14-10(9)16)5-7-2-1-3-8(13)4-7/h1-4,6H,5H2,(H,14,16,17). The van der Waals surface area contributed by atoms with Crippen LogP contribution in [0.2, 0.25) is 5.02 Å². The van der Waals surface area contributed by atoms with Gasteiger partial charge >= 0.3 is 5.69 Å². The first-order chi connectivity index (χ1) is 8.06. The number of aromatic amines is 1. The average molecular weight is 255 g/mol. The van der Waals surface area contributed by atoms with E-state index in [-0.39, 0.29) is 17.4 Å². The van der Waals surface area contributed by atoms with Crippen LogP contribution in [0.25, 0.3) is 0 Å². The topological polar surface area (TPSA) is 54.9 Å². The summed E-state index contributed by atoms with van der Waals surface area (Å²) in [6.45, 7) is 0.146. The highest BCUT2D eigenvalue weighted by molar-refractivity contribution is 6.30. The molecule has 0 saturated heterocycles. The summed E-state index contributed by atoms with van der Waals surface area (Å²) in [5.74, 6) is -0.383. The lowest BCUT2D eigenvalue weighted by Gasteiger charge is -2.05. The van der Waals surface area contributed by atoms with Crippen molar-refractivity contribution >= 4 is 11.6 Å². The van der Waals surface area contributed by atoms with Crippen LogP contribution in [-0.2, 0) is 6.54 Å². The van der Waals surface area contributed by atoms with E-state index in [1.807, 2.05) is 0 Å². The predicted octanol–water partition coefficient (Wildman–Crippen LogP) is 1.38. The average Bonchev–Trinajstić information content (AvgIpc) is 2.26. The Labute approximate surface area is 100 Å². The number of aromatic nitrogens is 2. The van der Waals surface area contributed by atoms with E-state index < -0.39 is 11.2 Å². The van der Waals surface area contributed by atoms with Crippen LogP contribution in [0.1, 0.15) is 5.56 Å². The van der Waals surface area contributed by atoms with Gasteiger partial charge in [-0.1, -0.05) is 23.7 Å². The zero-order valence-corrected chi connectivity index (χ0v) is 9.37. The minimum atomic E-state index is -0.632. The smallest absolute Gasteiger partial charge is 0.295 e. The molecule has 0 spiro atoms. The molecule has 2 aromatic rings. The van der Waals surface area contributed by atoms with Gasteiger partial charge < -0.3 is 0 Å². The number of hydrogen-bond donors (Lipinski definition) is 1. The van der Waals surface area contributed by atoms with E-state index in [1.165, 1.54) is 22.9 Å². The zero-order chi connectivity index (χ0) is 12.4. The molecule has 88 valence electrons. The Morgan fingerprint density at radius 1 is 1.35 bits per heavy atom. The molecule has 0 bridgehead atoms. The molecule has 4 nitrogen and oxygen atoms in total. The minimum Gasteiger partial charge on any atom is -0.295 e. The highest BCUT2D eigenvalue weighted by Gasteiger charge is 2.03. The van der Waals surface area contributed by atoms with Gasteiger partial charge in [0.25, 0.3) is 5.56 Å². The maximum atomic E-state index is 12.9. The van der Waals surface area contributed by atoms with Gasteiger partial charge in [-0.3, -0.25) is 14.3 Å². The Kier molecular flexibility index (Phi) is 3.10. The van der Waals surface area contributed by atoms with Crippen molar-refractivity contribution in [2.45, 2.75) is 6.54 Å². The molecule has 0 saturated carbocycles. The Balaban J connectivity index is 2.40. The van der Waals surface area contributed by atoms with Crippen molar-refractivity contribution in [1.82, 2.24) is 9.55 Å². The molecule has 0 aliphatic heterocycles. The normalized spacial score (nSPS) is 10.5. The minimum absolute atomic E-state index is 0.0824. The van der Waals surface area contributed by atoms with E-state index in [1.54, 1.807) is 12.1 Å². The Bertz CT molecular complexity index is 663. The number of benzene rings is 1. The van der Waals surface area contributed by atoms with Crippen molar-refractivity contribution in [1.29, 1.82) is 0 Å². The number of hydrogen-bond acceptors (Lipinski definition) is 2. The second-order valence-corrected chi connectivity index (χ2v) is 3.90. The first-order valence-electron chi connectivity index (χ1n) is 4.80. The summed E-state index contributed by atoms with van der Waals surface area (Å²) in [5, 5.41) is -0.0824. The van der Waals surface area contributed by atoms with Gasteiger partial charge in [0.15, 0.2) is 0 Å². The molecule has 6 heteroatoms. The first kappa shape index (κ1) is 11.6. The lowest BCUT2D eigenvalue weighted by molar-refractivity contribution is 0.621. The molecule has 1 N–H and O–H groups in total. The maximum Gasteiger partial charge on any atom is 0.328 e. The highest BCUT2D eigenvalue weighted by atomic mass is 35.5. The summed E-state index contributed by atoms with van der Waals surface area (Å²) >= 11 is 5.61. The molecule has 0 unspecified atom stereocenters. The largest absolute Gasteiger partial charge is 0.328 e. The second-order valence-electron chi connectivity index (χ2n) is 3.49. The first-order valence-corrected chi connectivity index (χ1v) is 5.18. The molecule has 0 radical (unpaired) electrons. The monoisotopic (exact) mass is 254 g/mol. The molecular weight excluding hydrogens is 247 g/mol. The lowest BCUT2D eigenvalue weighted by Crippen LogP contribution is -2.29. The number of nitrogens with zero attached hydrogens (tertiary/aromatic N) is 1. The lowest BCUT2D eigenvalue weighted by atomic mass is 10.2. The highest BCUT2D eigenvalue weighted by Crippen LogP contribution is 2.05. The van der Waals surface area contributed by atoms with Crippen LogP contribution in [0, 0.1) is 5.82 Å². The molecule has 1 heterocycles. The van der Waals surface area contributed by atoms with Crippen LogP contribution in [0.3, 0.4) is 0 Å². The maximum absolute atomic E-state index is 12.9. The van der Waals surface area contributed by atoms with Crippen LogP contribution in [-0.4, -0.2) is 9.55 Å². The number of halogens is 2. The van der Waals surface area contributed by atoms with Gasteiger partial charge in [0, 0.05) is 6.20 Å².